The molecule has 0 saturated carbocycles. The normalized spacial score (nSPS) is 11.8. The number of hydrogen-bond acceptors (Lipinski definition) is 7. The maximum atomic E-state index is 12.9. The van der Waals surface area contributed by atoms with Crippen LogP contribution >= 0.6 is 34.5 Å². The molecule has 13 heteroatoms. The highest BCUT2D eigenvalue weighted by molar-refractivity contribution is 7.94. The molecule has 170 valence electrons. The molecule has 1 aromatic heterocycles. The number of rotatable bonds is 7. The first-order valence-electron chi connectivity index (χ1n) is 8.71. The molecular formula is C19H16Cl2N2O6S3. The van der Waals surface area contributed by atoms with Crippen LogP contribution < -0.4 is 9.44 Å². The van der Waals surface area contributed by atoms with Crippen LogP contribution in [0.1, 0.15) is 15.9 Å². The van der Waals surface area contributed by atoms with Crippen LogP contribution in [0.15, 0.2) is 56.9 Å². The molecule has 3 rings (SSSR count). The minimum absolute atomic E-state index is 0.0142. The lowest BCUT2D eigenvalue weighted by molar-refractivity contribution is 0.0600. The predicted octanol–water partition coefficient (Wildman–Crippen LogP) is 4.75. The van der Waals surface area contributed by atoms with Crippen LogP contribution in [0.2, 0.25) is 10.0 Å². The number of halogens is 2. The molecule has 1 heterocycles. The standard InChI is InChI=1S/C19H16Cl2N2O6S3/c1-11-7-18(30-10-11)32(27,28)23-17-9-15(21)14(20)8-16(17)22-31(25,26)13-5-3-12(4-6-13)19(24)29-2/h3-10,22-23H,1-2H3. The van der Waals surface area contributed by atoms with Gasteiger partial charge in [0.2, 0.25) is 0 Å². The maximum absolute atomic E-state index is 12.9. The third-order valence-corrected chi connectivity index (χ3v) is 9.13. The third kappa shape index (κ3) is 5.36. The molecular weight excluding hydrogens is 519 g/mol. The molecule has 0 amide bonds. The van der Waals surface area contributed by atoms with Gasteiger partial charge in [-0.05, 0) is 60.3 Å². The number of methoxy groups -OCH3 is 1. The Balaban J connectivity index is 1.97. The van der Waals surface area contributed by atoms with Crippen molar-refractivity contribution >= 4 is 71.9 Å². The van der Waals surface area contributed by atoms with Crippen molar-refractivity contribution in [3.63, 3.8) is 0 Å². The Morgan fingerprint density at radius 1 is 0.906 bits per heavy atom. The van der Waals surface area contributed by atoms with Gasteiger partial charge >= 0.3 is 5.97 Å². The van der Waals surface area contributed by atoms with Crippen molar-refractivity contribution in [3.05, 3.63) is 69.0 Å². The molecule has 0 atom stereocenters. The molecule has 2 N–H and O–H groups in total. The van der Waals surface area contributed by atoms with E-state index in [1.165, 1.54) is 49.6 Å². The molecule has 0 aliphatic heterocycles. The molecule has 0 aliphatic rings. The fraction of sp³-hybridized carbons (Fsp3) is 0.105. The lowest BCUT2D eigenvalue weighted by Crippen LogP contribution is -2.17. The summed E-state index contributed by atoms with van der Waals surface area (Å²) < 4.78 is 60.5. The van der Waals surface area contributed by atoms with Gasteiger partial charge in [0.15, 0.2) is 0 Å². The number of nitrogens with one attached hydrogen (secondary N) is 2. The molecule has 0 saturated heterocycles. The summed E-state index contributed by atoms with van der Waals surface area (Å²) >= 11 is 13.1. The summed E-state index contributed by atoms with van der Waals surface area (Å²) in [7, 11) is -6.96. The highest BCUT2D eigenvalue weighted by Crippen LogP contribution is 2.35. The van der Waals surface area contributed by atoms with Gasteiger partial charge in [0, 0.05) is 0 Å². The van der Waals surface area contributed by atoms with E-state index in [2.05, 4.69) is 14.2 Å². The van der Waals surface area contributed by atoms with Gasteiger partial charge in [-0.15, -0.1) is 11.3 Å². The van der Waals surface area contributed by atoms with Crippen molar-refractivity contribution in [2.75, 3.05) is 16.6 Å². The van der Waals surface area contributed by atoms with Crippen molar-refractivity contribution in [2.45, 2.75) is 16.0 Å². The zero-order chi connectivity index (χ0) is 23.7. The molecule has 3 aromatic rings. The molecule has 0 radical (unpaired) electrons. The van der Waals surface area contributed by atoms with Crippen LogP contribution in [0.4, 0.5) is 11.4 Å². The van der Waals surface area contributed by atoms with Crippen LogP contribution in [0.5, 0.6) is 0 Å². The fourth-order valence-electron chi connectivity index (χ4n) is 2.55. The van der Waals surface area contributed by atoms with Crippen LogP contribution in [0.25, 0.3) is 0 Å². The molecule has 0 bridgehead atoms. The predicted molar refractivity (Wildman–Crippen MR) is 125 cm³/mol. The summed E-state index contributed by atoms with van der Waals surface area (Å²) in [6.45, 7) is 1.75. The van der Waals surface area contributed by atoms with E-state index in [-0.39, 0.29) is 36.1 Å². The summed E-state index contributed by atoms with van der Waals surface area (Å²) in [6.07, 6.45) is 0. The monoisotopic (exact) mass is 534 g/mol. The first-order valence-corrected chi connectivity index (χ1v) is 13.3. The molecule has 0 unspecified atom stereocenters. The van der Waals surface area contributed by atoms with E-state index in [4.69, 9.17) is 23.2 Å². The van der Waals surface area contributed by atoms with Crippen molar-refractivity contribution in [1.82, 2.24) is 0 Å². The number of carbonyl (C=O) groups is 1. The Kier molecular flexibility index (Phi) is 7.06. The second-order valence-electron chi connectivity index (χ2n) is 6.48. The summed E-state index contributed by atoms with van der Waals surface area (Å²) in [5.74, 6) is -0.619. The quantitative estimate of drug-likeness (QED) is 0.422. The van der Waals surface area contributed by atoms with Crippen molar-refractivity contribution < 1.29 is 26.4 Å². The summed E-state index contributed by atoms with van der Waals surface area (Å²) in [5.41, 5.74) is 0.690. The van der Waals surface area contributed by atoms with Crippen molar-refractivity contribution in [2.24, 2.45) is 0 Å². The fourth-order valence-corrected chi connectivity index (χ4v) is 6.25. The number of thiophene rings is 1. The first-order chi connectivity index (χ1) is 14.9. The van der Waals surface area contributed by atoms with E-state index in [0.29, 0.717) is 0 Å². The van der Waals surface area contributed by atoms with E-state index in [1.54, 1.807) is 12.3 Å². The Morgan fingerprint density at radius 2 is 1.44 bits per heavy atom. The Hall–Kier alpha value is -2.31. The zero-order valence-corrected chi connectivity index (χ0v) is 20.5. The molecule has 0 fully saturated rings. The first kappa shape index (κ1) is 24.3. The van der Waals surface area contributed by atoms with Gasteiger partial charge in [0.1, 0.15) is 4.21 Å². The lowest BCUT2D eigenvalue weighted by atomic mass is 10.2. The SMILES string of the molecule is COC(=O)c1ccc(S(=O)(=O)Nc2cc(Cl)c(Cl)cc2NS(=O)(=O)c2cc(C)cs2)cc1. The van der Waals surface area contributed by atoms with Gasteiger partial charge in [-0.25, -0.2) is 21.6 Å². The van der Waals surface area contributed by atoms with Crippen molar-refractivity contribution in [1.29, 1.82) is 0 Å². The number of hydrogen-bond donors (Lipinski definition) is 2. The van der Waals surface area contributed by atoms with Gasteiger partial charge in [0.05, 0.1) is 39.0 Å². The average molecular weight is 535 g/mol. The third-order valence-electron chi connectivity index (χ3n) is 4.11. The van der Waals surface area contributed by atoms with Crippen LogP contribution in [-0.4, -0.2) is 29.9 Å². The molecule has 8 nitrogen and oxygen atoms in total. The number of sulfonamides is 2. The van der Waals surface area contributed by atoms with E-state index in [9.17, 15) is 21.6 Å². The second kappa shape index (κ2) is 9.28. The number of anilines is 2. The number of esters is 1. The highest BCUT2D eigenvalue weighted by Gasteiger charge is 2.22. The number of aryl methyl sites for hydroxylation is 1. The average Bonchev–Trinajstić information content (AvgIpc) is 3.18. The number of carbonyl (C=O) groups excluding carboxylic acids is 1. The summed E-state index contributed by atoms with van der Waals surface area (Å²) in [6, 6.07) is 8.89. The Bertz CT molecular complexity index is 1380. The molecule has 2 aromatic carbocycles. The summed E-state index contributed by atoms with van der Waals surface area (Å²) in [4.78, 5) is 11.4. The molecule has 0 spiro atoms. The number of ether oxygens (including phenoxy) is 1. The topological polar surface area (TPSA) is 119 Å². The molecule has 0 aliphatic carbocycles. The minimum atomic E-state index is -4.17. The van der Waals surface area contributed by atoms with E-state index in [1.807, 2.05) is 0 Å². The van der Waals surface area contributed by atoms with Crippen LogP contribution in [-0.2, 0) is 24.8 Å². The Labute approximate surface area is 199 Å². The summed E-state index contributed by atoms with van der Waals surface area (Å²) in [5, 5.41) is 1.71. The van der Waals surface area contributed by atoms with E-state index in [0.717, 1.165) is 16.9 Å². The maximum Gasteiger partial charge on any atom is 0.337 e. The minimum Gasteiger partial charge on any atom is -0.465 e. The van der Waals surface area contributed by atoms with Gasteiger partial charge in [0.25, 0.3) is 20.0 Å². The largest absolute Gasteiger partial charge is 0.465 e. The van der Waals surface area contributed by atoms with Gasteiger partial charge < -0.3 is 4.74 Å². The van der Waals surface area contributed by atoms with Gasteiger partial charge in [-0.1, -0.05) is 23.2 Å². The Morgan fingerprint density at radius 3 is 1.91 bits per heavy atom. The van der Waals surface area contributed by atoms with Crippen LogP contribution in [0, 0.1) is 6.92 Å². The van der Waals surface area contributed by atoms with Gasteiger partial charge in [-0.3, -0.25) is 9.44 Å². The second-order valence-corrected chi connectivity index (χ2v) is 11.8. The van der Waals surface area contributed by atoms with E-state index < -0.39 is 26.0 Å². The van der Waals surface area contributed by atoms with E-state index >= 15 is 0 Å². The number of benzene rings is 2. The zero-order valence-electron chi connectivity index (χ0n) is 16.5. The lowest BCUT2D eigenvalue weighted by Gasteiger charge is -2.15. The van der Waals surface area contributed by atoms with Crippen molar-refractivity contribution in [3.8, 4) is 0 Å². The molecule has 32 heavy (non-hydrogen) atoms. The van der Waals surface area contributed by atoms with Crippen LogP contribution in [0.3, 0.4) is 0 Å². The smallest absolute Gasteiger partial charge is 0.337 e. The highest BCUT2D eigenvalue weighted by atomic mass is 35.5. The van der Waals surface area contributed by atoms with Gasteiger partial charge in [-0.2, -0.15) is 0 Å².